The third-order valence-corrected chi connectivity index (χ3v) is 7.28. The number of carbonyl (C=O) groups is 2. The zero-order valence-electron chi connectivity index (χ0n) is 24.8. The molecule has 226 valence electrons. The summed E-state index contributed by atoms with van der Waals surface area (Å²) in [4.78, 5) is 28.5. The van der Waals surface area contributed by atoms with Gasteiger partial charge in [-0.15, -0.1) is 0 Å². The summed E-state index contributed by atoms with van der Waals surface area (Å²) in [6, 6.07) is 32.2. The Kier molecular flexibility index (Phi) is 15.9. The van der Waals surface area contributed by atoms with Gasteiger partial charge >= 0.3 is 28.3 Å². The molecule has 7 heteroatoms. The Morgan fingerprint density at radius 1 is 0.595 bits per heavy atom. The SMILES string of the molecule is CC.CC.Cc1cccc2c1C(=O)N(Cc1ccccc1)C2.O=C1c2c(Br)cccc2CN1Cc1ccccc1.[Cu][Br]. The number of carbonyl (C=O) groups excluding carboxylic acids is 2. The Labute approximate surface area is 275 Å². The average molecular weight is 743 g/mol. The molecule has 0 saturated heterocycles. The zero-order chi connectivity index (χ0) is 31.1. The van der Waals surface area contributed by atoms with Gasteiger partial charge in [-0.05, 0) is 56.7 Å². The summed E-state index contributed by atoms with van der Waals surface area (Å²) >= 11 is 9.95. The fourth-order valence-electron chi connectivity index (χ4n) is 4.84. The third-order valence-electron chi connectivity index (χ3n) is 6.62. The van der Waals surface area contributed by atoms with Crippen LogP contribution in [0.5, 0.6) is 0 Å². The van der Waals surface area contributed by atoms with Gasteiger partial charge in [0.15, 0.2) is 0 Å². The van der Waals surface area contributed by atoms with E-state index in [4.69, 9.17) is 0 Å². The van der Waals surface area contributed by atoms with Crippen LogP contribution in [0.3, 0.4) is 0 Å². The Morgan fingerprint density at radius 2 is 1.00 bits per heavy atom. The number of halogens is 2. The Balaban J connectivity index is 0.000000250. The van der Waals surface area contributed by atoms with Crippen LogP contribution >= 0.6 is 30.0 Å². The molecule has 0 N–H and O–H groups in total. The Hall–Kier alpha value is -2.70. The molecule has 0 aliphatic carbocycles. The minimum atomic E-state index is 0.112. The van der Waals surface area contributed by atoms with Crippen LogP contribution in [0.15, 0.2) is 102 Å². The second kappa shape index (κ2) is 18.8. The van der Waals surface area contributed by atoms with Gasteiger partial charge in [0.25, 0.3) is 11.8 Å². The fraction of sp³-hybridized carbons (Fsp3) is 0.257. The van der Waals surface area contributed by atoms with E-state index in [2.05, 4.69) is 56.4 Å². The van der Waals surface area contributed by atoms with Crippen LogP contribution in [-0.2, 0) is 40.4 Å². The summed E-state index contributed by atoms with van der Waals surface area (Å²) in [5, 5.41) is 0. The van der Waals surface area contributed by atoms with Gasteiger partial charge in [-0.1, -0.05) is 119 Å². The second-order valence-electron chi connectivity index (χ2n) is 9.18. The van der Waals surface area contributed by atoms with Crippen molar-refractivity contribution in [3.63, 3.8) is 0 Å². The molecule has 6 rings (SSSR count). The van der Waals surface area contributed by atoms with Crippen molar-refractivity contribution in [2.45, 2.75) is 60.8 Å². The van der Waals surface area contributed by atoms with Crippen molar-refractivity contribution in [3.05, 3.63) is 140 Å². The molecular formula is C35H39Br2CuN2O2. The topological polar surface area (TPSA) is 40.6 Å². The molecule has 0 atom stereocenters. The molecule has 0 bridgehead atoms. The van der Waals surface area contributed by atoms with E-state index in [1.54, 1.807) is 0 Å². The minimum absolute atomic E-state index is 0.112. The first kappa shape index (κ1) is 35.5. The van der Waals surface area contributed by atoms with Gasteiger partial charge in [-0.25, -0.2) is 0 Å². The van der Waals surface area contributed by atoms with Crippen LogP contribution in [0, 0.1) is 6.92 Å². The summed E-state index contributed by atoms with van der Waals surface area (Å²) in [6.45, 7) is 12.8. The van der Waals surface area contributed by atoms with E-state index in [0.29, 0.717) is 19.6 Å². The van der Waals surface area contributed by atoms with Gasteiger partial charge in [0, 0.05) is 36.2 Å². The monoisotopic (exact) mass is 740 g/mol. The maximum atomic E-state index is 12.3. The van der Waals surface area contributed by atoms with Crippen LogP contribution in [0.2, 0.25) is 0 Å². The molecule has 4 aromatic carbocycles. The van der Waals surface area contributed by atoms with Gasteiger partial charge in [0.2, 0.25) is 0 Å². The van der Waals surface area contributed by atoms with Gasteiger partial charge < -0.3 is 9.80 Å². The van der Waals surface area contributed by atoms with Crippen molar-refractivity contribution in [1.29, 1.82) is 0 Å². The molecule has 2 aliphatic heterocycles. The zero-order valence-corrected chi connectivity index (χ0v) is 28.9. The quantitative estimate of drug-likeness (QED) is 0.196. The molecule has 0 spiro atoms. The Bertz CT molecular complexity index is 1310. The van der Waals surface area contributed by atoms with Gasteiger partial charge in [-0.3, -0.25) is 9.59 Å². The van der Waals surface area contributed by atoms with E-state index >= 15 is 0 Å². The normalized spacial score (nSPS) is 12.3. The van der Waals surface area contributed by atoms with E-state index < -0.39 is 0 Å². The van der Waals surface area contributed by atoms with Crippen molar-refractivity contribution >= 4 is 41.9 Å². The molecule has 42 heavy (non-hydrogen) atoms. The van der Waals surface area contributed by atoms with Gasteiger partial charge in [0.1, 0.15) is 0 Å². The molecule has 2 heterocycles. The van der Waals surface area contributed by atoms with Crippen LogP contribution < -0.4 is 0 Å². The number of hydrogen-bond donors (Lipinski definition) is 0. The summed E-state index contributed by atoms with van der Waals surface area (Å²) in [6.07, 6.45) is 0. The predicted molar refractivity (Wildman–Crippen MR) is 177 cm³/mol. The standard InChI is InChI=1S/C16H15NO.C15H12BrNO.2C2H6.BrH.Cu/c1-12-6-5-9-14-11-17(16(18)15(12)14)10-13-7-3-2-4-8-13;16-13-8-4-7-12-10-17(15(18)14(12)13)9-11-5-2-1-3-6-11;2*1-2;;/h2-9H,10-11H2,1H3;1-8H,9-10H2;2*1-2H3;1H;/q;;;;;+1/p-1. The summed E-state index contributed by atoms with van der Waals surface area (Å²) in [5.41, 5.74) is 7.38. The molecule has 0 fully saturated rings. The molecule has 4 nitrogen and oxygen atoms in total. The van der Waals surface area contributed by atoms with Crippen molar-refractivity contribution in [2.24, 2.45) is 0 Å². The molecule has 4 aromatic rings. The van der Waals surface area contributed by atoms with Gasteiger partial charge in [0.05, 0.1) is 5.56 Å². The summed E-state index contributed by atoms with van der Waals surface area (Å²) in [5.74, 6) is 0.272. The molecular weight excluding hydrogens is 704 g/mol. The van der Waals surface area contributed by atoms with E-state index in [9.17, 15) is 9.59 Å². The first-order chi connectivity index (χ1) is 20.5. The number of hydrogen-bond acceptors (Lipinski definition) is 2. The average Bonchev–Trinajstić information content (AvgIpc) is 3.54. The summed E-state index contributed by atoms with van der Waals surface area (Å²) in [7, 11) is 0. The van der Waals surface area contributed by atoms with Gasteiger partial charge in [-0.2, -0.15) is 0 Å². The number of amides is 2. The molecule has 0 saturated carbocycles. The van der Waals surface area contributed by atoms with Crippen LogP contribution in [0.1, 0.15) is 76.2 Å². The number of rotatable bonds is 4. The number of aryl methyl sites for hydroxylation is 1. The molecule has 2 amide bonds. The van der Waals surface area contributed by atoms with Crippen molar-refractivity contribution in [2.75, 3.05) is 0 Å². The molecule has 2 aliphatic rings. The molecule has 0 aromatic heterocycles. The first-order valence-electron chi connectivity index (χ1n) is 14.1. The maximum absolute atomic E-state index is 12.3. The third kappa shape index (κ3) is 9.15. The number of benzene rings is 4. The number of fused-ring (bicyclic) bond motifs is 2. The second-order valence-corrected chi connectivity index (χ2v) is 10.0. The van der Waals surface area contributed by atoms with E-state index in [0.717, 1.165) is 44.4 Å². The van der Waals surface area contributed by atoms with E-state index in [1.807, 2.05) is 129 Å². The predicted octanol–water partition coefficient (Wildman–Crippen LogP) is 9.65. The molecule has 0 radical (unpaired) electrons. The molecule has 0 unspecified atom stereocenters. The summed E-state index contributed by atoms with van der Waals surface area (Å²) < 4.78 is 0.889. The van der Waals surface area contributed by atoms with Crippen LogP contribution in [-0.4, -0.2) is 21.6 Å². The fourth-order valence-corrected chi connectivity index (χ4v) is 5.42. The van der Waals surface area contributed by atoms with Crippen molar-refractivity contribution < 1.29 is 23.8 Å². The van der Waals surface area contributed by atoms with E-state index in [1.165, 1.54) is 5.56 Å². The van der Waals surface area contributed by atoms with Crippen LogP contribution in [0.25, 0.3) is 0 Å². The van der Waals surface area contributed by atoms with E-state index in [-0.39, 0.29) is 11.8 Å². The van der Waals surface area contributed by atoms with Crippen molar-refractivity contribution in [1.82, 2.24) is 9.80 Å². The van der Waals surface area contributed by atoms with Crippen molar-refractivity contribution in [3.8, 4) is 0 Å². The first-order valence-corrected chi connectivity index (χ1v) is 17.3. The van der Waals surface area contributed by atoms with Crippen LogP contribution in [0.4, 0.5) is 0 Å². The Morgan fingerprint density at radius 3 is 1.43 bits per heavy atom. The number of nitrogens with zero attached hydrogens (tertiary/aromatic N) is 2.